The third-order valence-electron chi connectivity index (χ3n) is 4.57. The molecule has 0 fully saturated rings. The number of hydrogen-bond acceptors (Lipinski definition) is 3. The smallest absolute Gasteiger partial charge is 0.327 e. The second kappa shape index (κ2) is 5.35. The highest BCUT2D eigenvalue weighted by atomic mass is 35.5. The van der Waals surface area contributed by atoms with Crippen LogP contribution in [0.25, 0.3) is 16.9 Å². The Labute approximate surface area is 147 Å². The molecule has 0 bridgehead atoms. The van der Waals surface area contributed by atoms with E-state index in [0.717, 1.165) is 17.0 Å². The van der Waals surface area contributed by atoms with E-state index in [0.29, 0.717) is 22.0 Å². The summed E-state index contributed by atoms with van der Waals surface area (Å²) in [5.41, 5.74) is 2.66. The van der Waals surface area contributed by atoms with E-state index in [2.05, 4.69) is 9.97 Å². The Morgan fingerprint density at radius 3 is 2.52 bits per heavy atom. The van der Waals surface area contributed by atoms with Crippen LogP contribution < -0.4 is 11.2 Å². The van der Waals surface area contributed by atoms with Crippen LogP contribution >= 0.6 is 11.6 Å². The molecule has 3 aromatic heterocycles. The molecular weight excluding hydrogens is 342 g/mol. The minimum atomic E-state index is -0.400. The van der Waals surface area contributed by atoms with Crippen molar-refractivity contribution in [1.82, 2.24) is 23.5 Å². The number of nitrogens with zero attached hydrogens (tertiary/aromatic N) is 4. The van der Waals surface area contributed by atoms with Gasteiger partial charge in [0.15, 0.2) is 11.2 Å². The normalized spacial score (nSPS) is 11.7. The van der Waals surface area contributed by atoms with Crippen molar-refractivity contribution in [3.05, 3.63) is 67.1 Å². The minimum Gasteiger partial charge on any atom is -0.327 e. The van der Waals surface area contributed by atoms with Gasteiger partial charge in [0.25, 0.3) is 5.56 Å². The van der Waals surface area contributed by atoms with Crippen LogP contribution in [-0.4, -0.2) is 23.5 Å². The summed E-state index contributed by atoms with van der Waals surface area (Å²) < 4.78 is 4.40. The third-order valence-corrected chi connectivity index (χ3v) is 4.83. The molecule has 7 nitrogen and oxygen atoms in total. The van der Waals surface area contributed by atoms with Crippen molar-refractivity contribution in [3.8, 4) is 0 Å². The lowest BCUT2D eigenvalue weighted by atomic mass is 10.2. The van der Waals surface area contributed by atoms with Crippen LogP contribution in [0.2, 0.25) is 5.02 Å². The lowest BCUT2D eigenvalue weighted by Crippen LogP contribution is -2.39. The molecule has 4 rings (SSSR count). The molecule has 3 heterocycles. The third kappa shape index (κ3) is 2.23. The molecule has 4 aromatic rings. The maximum atomic E-state index is 13.1. The highest BCUT2D eigenvalue weighted by molar-refractivity contribution is 6.30. The van der Waals surface area contributed by atoms with Crippen molar-refractivity contribution in [1.29, 1.82) is 0 Å². The van der Waals surface area contributed by atoms with Gasteiger partial charge in [0, 0.05) is 23.5 Å². The second-order valence-electron chi connectivity index (χ2n) is 6.14. The second-order valence-corrected chi connectivity index (χ2v) is 6.57. The fourth-order valence-corrected chi connectivity index (χ4v) is 3.19. The Balaban J connectivity index is 2.04. The Morgan fingerprint density at radius 1 is 1.16 bits per heavy atom. The molecule has 0 aliphatic rings. The molecule has 1 N–H and O–H groups in total. The Bertz CT molecular complexity index is 1240. The summed E-state index contributed by atoms with van der Waals surface area (Å²) in [5, 5.41) is 0.607. The fourth-order valence-electron chi connectivity index (χ4n) is 3.07. The van der Waals surface area contributed by atoms with Gasteiger partial charge in [-0.1, -0.05) is 23.7 Å². The molecule has 128 valence electrons. The molecule has 25 heavy (non-hydrogen) atoms. The summed E-state index contributed by atoms with van der Waals surface area (Å²) in [6, 6.07) is 7.08. The Hall–Kier alpha value is -2.80. The van der Waals surface area contributed by atoms with Crippen LogP contribution in [0.4, 0.5) is 0 Å². The number of fused-ring (bicyclic) bond motifs is 3. The molecule has 0 saturated carbocycles. The van der Waals surface area contributed by atoms with Crippen molar-refractivity contribution in [2.24, 2.45) is 7.05 Å². The average Bonchev–Trinajstić information content (AvgIpc) is 3.08. The fraction of sp³-hybridized carbons (Fsp3) is 0.235. The van der Waals surface area contributed by atoms with E-state index < -0.39 is 5.69 Å². The van der Waals surface area contributed by atoms with Gasteiger partial charge in [-0.25, -0.2) is 4.79 Å². The van der Waals surface area contributed by atoms with E-state index in [4.69, 9.17) is 11.6 Å². The number of imidazole rings is 2. The summed E-state index contributed by atoms with van der Waals surface area (Å²) in [4.78, 5) is 33.3. The SMILES string of the molecule is Cc1[nH]c2nc3c(c(=O)n(Cc4ccc(Cl)cc4)c(=O)n3C)n2c1C. The molecule has 0 aliphatic carbocycles. The van der Waals surface area contributed by atoms with E-state index in [1.54, 1.807) is 35.7 Å². The van der Waals surface area contributed by atoms with Gasteiger partial charge < -0.3 is 4.98 Å². The number of nitrogens with one attached hydrogen (secondary N) is 1. The molecular formula is C17H16ClN5O2. The monoisotopic (exact) mass is 357 g/mol. The van der Waals surface area contributed by atoms with Crippen molar-refractivity contribution >= 4 is 28.5 Å². The van der Waals surface area contributed by atoms with Gasteiger partial charge >= 0.3 is 5.69 Å². The molecule has 0 aliphatic heterocycles. The van der Waals surface area contributed by atoms with E-state index in [1.165, 1.54) is 9.13 Å². The lowest BCUT2D eigenvalue weighted by Gasteiger charge is -2.08. The van der Waals surface area contributed by atoms with Crippen LogP contribution in [0.1, 0.15) is 17.0 Å². The van der Waals surface area contributed by atoms with Crippen molar-refractivity contribution in [3.63, 3.8) is 0 Å². The average molecular weight is 358 g/mol. The van der Waals surface area contributed by atoms with Gasteiger partial charge in [-0.3, -0.25) is 18.3 Å². The highest BCUT2D eigenvalue weighted by Gasteiger charge is 2.19. The van der Waals surface area contributed by atoms with Gasteiger partial charge in [-0.15, -0.1) is 0 Å². The maximum absolute atomic E-state index is 13.1. The number of hydrogen-bond donors (Lipinski definition) is 1. The summed E-state index contributed by atoms with van der Waals surface area (Å²) in [7, 11) is 1.62. The zero-order valence-corrected chi connectivity index (χ0v) is 14.8. The number of H-pyrrole nitrogens is 1. The number of aryl methyl sites for hydroxylation is 3. The van der Waals surface area contributed by atoms with Gasteiger partial charge in [0.1, 0.15) is 0 Å². The van der Waals surface area contributed by atoms with Gasteiger partial charge in [0.05, 0.1) is 6.54 Å². The predicted molar refractivity (Wildman–Crippen MR) is 96.6 cm³/mol. The lowest BCUT2D eigenvalue weighted by molar-refractivity contribution is 0.656. The molecule has 0 spiro atoms. The summed E-state index contributed by atoms with van der Waals surface area (Å²) in [6.07, 6.45) is 0. The first-order valence-corrected chi connectivity index (χ1v) is 8.18. The summed E-state index contributed by atoms with van der Waals surface area (Å²) in [6.45, 7) is 4.01. The van der Waals surface area contributed by atoms with E-state index >= 15 is 0 Å². The maximum Gasteiger partial charge on any atom is 0.332 e. The first kappa shape index (κ1) is 15.7. The van der Waals surface area contributed by atoms with Crippen LogP contribution in [0.3, 0.4) is 0 Å². The van der Waals surface area contributed by atoms with Crippen molar-refractivity contribution in [2.75, 3.05) is 0 Å². The molecule has 8 heteroatoms. The molecule has 0 unspecified atom stereocenters. The first-order valence-electron chi connectivity index (χ1n) is 7.80. The quantitative estimate of drug-likeness (QED) is 0.596. The van der Waals surface area contributed by atoms with Gasteiger partial charge in [-0.05, 0) is 31.5 Å². The number of benzene rings is 1. The number of halogens is 1. The summed E-state index contributed by atoms with van der Waals surface area (Å²) in [5.74, 6) is 0.557. The van der Waals surface area contributed by atoms with Crippen LogP contribution in [0.15, 0.2) is 33.9 Å². The van der Waals surface area contributed by atoms with E-state index in [-0.39, 0.29) is 12.1 Å². The first-order chi connectivity index (χ1) is 11.9. The molecule has 0 atom stereocenters. The standard InChI is InChI=1S/C17H16ClN5O2/c1-9-10(2)23-13-14(20-16(23)19-9)21(3)17(25)22(15(13)24)8-11-4-6-12(18)7-5-11/h4-7H,8H2,1-3H3,(H,19,20). The zero-order valence-electron chi connectivity index (χ0n) is 14.0. The largest absolute Gasteiger partial charge is 0.332 e. The minimum absolute atomic E-state index is 0.175. The topological polar surface area (TPSA) is 77.1 Å². The summed E-state index contributed by atoms with van der Waals surface area (Å²) >= 11 is 5.90. The molecule has 1 aromatic carbocycles. The number of aromatic nitrogens is 5. The van der Waals surface area contributed by atoms with Crippen LogP contribution in [0, 0.1) is 13.8 Å². The predicted octanol–water partition coefficient (Wildman–Crippen LogP) is 1.99. The van der Waals surface area contributed by atoms with Crippen molar-refractivity contribution in [2.45, 2.75) is 20.4 Å². The van der Waals surface area contributed by atoms with Gasteiger partial charge in [0.2, 0.25) is 5.78 Å². The van der Waals surface area contributed by atoms with Crippen LogP contribution in [0.5, 0.6) is 0 Å². The number of rotatable bonds is 2. The highest BCUT2D eigenvalue weighted by Crippen LogP contribution is 2.16. The molecule has 0 radical (unpaired) electrons. The Morgan fingerprint density at radius 2 is 1.84 bits per heavy atom. The molecule has 0 amide bonds. The van der Waals surface area contributed by atoms with E-state index in [9.17, 15) is 9.59 Å². The van der Waals surface area contributed by atoms with Gasteiger partial charge in [-0.2, -0.15) is 4.98 Å². The van der Waals surface area contributed by atoms with Crippen molar-refractivity contribution < 1.29 is 0 Å². The zero-order chi connectivity index (χ0) is 17.9. The van der Waals surface area contributed by atoms with E-state index in [1.807, 2.05) is 13.8 Å². The molecule has 0 saturated heterocycles. The Kier molecular flexibility index (Phi) is 3.36. The van der Waals surface area contributed by atoms with Crippen LogP contribution in [-0.2, 0) is 13.6 Å². The number of aromatic amines is 1.